The lowest BCUT2D eigenvalue weighted by atomic mass is 10.4. The molecule has 1 saturated heterocycles. The van der Waals surface area contributed by atoms with Crippen LogP contribution in [0.25, 0.3) is 0 Å². The van der Waals surface area contributed by atoms with Crippen LogP contribution in [0.15, 0.2) is 12.4 Å². The van der Waals surface area contributed by atoms with Crippen molar-refractivity contribution in [3.05, 3.63) is 18.0 Å². The minimum absolute atomic E-state index is 0.651. The molecule has 4 nitrogen and oxygen atoms in total. The Hall–Kier alpha value is -1.60. The van der Waals surface area contributed by atoms with Crippen LogP contribution in [-0.2, 0) is 0 Å². The van der Waals surface area contributed by atoms with Crippen molar-refractivity contribution < 1.29 is 0 Å². The predicted octanol–water partition coefficient (Wildman–Crippen LogP) is 0.966. The van der Waals surface area contributed by atoms with Gasteiger partial charge in [0.05, 0.1) is 5.56 Å². The molecule has 0 radical (unpaired) electrons. The Balaban J connectivity index is 1.74. The maximum absolute atomic E-state index is 5.23. The summed E-state index contributed by atoms with van der Waals surface area (Å²) in [4.78, 5) is 10.7. The van der Waals surface area contributed by atoms with E-state index in [4.69, 9.17) is 6.42 Å². The zero-order valence-corrected chi connectivity index (χ0v) is 9.32. The first-order valence-corrected chi connectivity index (χ1v) is 5.63. The zero-order valence-electron chi connectivity index (χ0n) is 9.32. The third-order valence-electron chi connectivity index (χ3n) is 2.73. The summed E-state index contributed by atoms with van der Waals surface area (Å²) in [6, 6.07) is 0. The zero-order chi connectivity index (χ0) is 11.2. The van der Waals surface area contributed by atoms with Gasteiger partial charge in [-0.3, -0.25) is 0 Å². The first kappa shape index (κ1) is 10.9. The van der Waals surface area contributed by atoms with E-state index in [0.717, 1.165) is 13.1 Å². The lowest BCUT2D eigenvalue weighted by Crippen LogP contribution is -2.26. The molecule has 2 rings (SSSR count). The molecule has 1 aromatic heterocycles. The number of aromatic nitrogens is 2. The summed E-state index contributed by atoms with van der Waals surface area (Å²) in [6.45, 7) is 4.38. The van der Waals surface area contributed by atoms with Gasteiger partial charge in [-0.2, -0.15) is 0 Å². The van der Waals surface area contributed by atoms with Gasteiger partial charge in [-0.25, -0.2) is 9.97 Å². The molecule has 1 N–H and O–H groups in total. The summed E-state index contributed by atoms with van der Waals surface area (Å²) in [5.74, 6) is 3.15. The van der Waals surface area contributed by atoms with E-state index in [-0.39, 0.29) is 0 Å². The number of hydrogen-bond donors (Lipinski definition) is 1. The molecule has 4 heteroatoms. The maximum Gasteiger partial charge on any atom is 0.222 e. The monoisotopic (exact) mass is 216 g/mol. The molecule has 1 aliphatic heterocycles. The van der Waals surface area contributed by atoms with Gasteiger partial charge in [0.25, 0.3) is 0 Å². The van der Waals surface area contributed by atoms with Gasteiger partial charge in [0.15, 0.2) is 0 Å². The fourth-order valence-electron chi connectivity index (χ4n) is 1.83. The highest BCUT2D eigenvalue weighted by Gasteiger charge is 2.10. The lowest BCUT2D eigenvalue weighted by molar-refractivity contribution is 0.352. The maximum atomic E-state index is 5.23. The topological polar surface area (TPSA) is 41.1 Å². The SMILES string of the molecule is C#Cc1cnc(NCCN2CCCC2)nc1. The van der Waals surface area contributed by atoms with Gasteiger partial charge in [-0.05, 0) is 25.9 Å². The van der Waals surface area contributed by atoms with Crippen molar-refractivity contribution in [1.82, 2.24) is 14.9 Å². The molecule has 0 aromatic carbocycles. The normalized spacial score (nSPS) is 15.9. The highest BCUT2D eigenvalue weighted by Crippen LogP contribution is 2.06. The first-order valence-electron chi connectivity index (χ1n) is 5.63. The first-order chi connectivity index (χ1) is 7.88. The van der Waals surface area contributed by atoms with Gasteiger partial charge >= 0.3 is 0 Å². The quantitative estimate of drug-likeness (QED) is 0.761. The van der Waals surface area contributed by atoms with E-state index in [1.54, 1.807) is 12.4 Å². The predicted molar refractivity (Wildman–Crippen MR) is 64.1 cm³/mol. The van der Waals surface area contributed by atoms with E-state index in [0.29, 0.717) is 11.5 Å². The second-order valence-corrected chi connectivity index (χ2v) is 3.92. The second kappa shape index (κ2) is 5.47. The minimum atomic E-state index is 0.651. The Morgan fingerprint density at radius 1 is 1.31 bits per heavy atom. The second-order valence-electron chi connectivity index (χ2n) is 3.92. The molecule has 16 heavy (non-hydrogen) atoms. The Morgan fingerprint density at radius 2 is 2.00 bits per heavy atom. The molecule has 0 spiro atoms. The molecular formula is C12H16N4. The van der Waals surface area contributed by atoms with Crippen LogP contribution in [0.5, 0.6) is 0 Å². The van der Waals surface area contributed by atoms with Crippen LogP contribution in [0.1, 0.15) is 18.4 Å². The summed E-state index contributed by atoms with van der Waals surface area (Å²) < 4.78 is 0. The van der Waals surface area contributed by atoms with Crippen molar-refractivity contribution in [2.24, 2.45) is 0 Å². The van der Waals surface area contributed by atoms with Gasteiger partial charge in [0.1, 0.15) is 0 Å². The molecule has 2 heterocycles. The van der Waals surface area contributed by atoms with Gasteiger partial charge in [-0.1, -0.05) is 5.92 Å². The number of likely N-dealkylation sites (tertiary alicyclic amines) is 1. The standard InChI is InChI=1S/C12H16N4/c1-2-11-9-14-12(15-10-11)13-5-8-16-6-3-4-7-16/h1,9-10H,3-8H2,(H,13,14,15). The highest BCUT2D eigenvalue weighted by atomic mass is 15.2. The largest absolute Gasteiger partial charge is 0.353 e. The van der Waals surface area contributed by atoms with Crippen molar-refractivity contribution in [1.29, 1.82) is 0 Å². The number of anilines is 1. The Labute approximate surface area is 96.1 Å². The van der Waals surface area contributed by atoms with E-state index in [9.17, 15) is 0 Å². The summed E-state index contributed by atoms with van der Waals surface area (Å²) in [7, 11) is 0. The Kier molecular flexibility index (Phi) is 3.73. The van der Waals surface area contributed by atoms with Crippen molar-refractivity contribution in [3.63, 3.8) is 0 Å². The summed E-state index contributed by atoms with van der Waals surface area (Å²) in [5.41, 5.74) is 0.713. The van der Waals surface area contributed by atoms with Gasteiger partial charge in [0, 0.05) is 25.5 Å². The molecule has 0 atom stereocenters. The van der Waals surface area contributed by atoms with Crippen molar-refractivity contribution in [3.8, 4) is 12.3 Å². The van der Waals surface area contributed by atoms with Crippen molar-refractivity contribution in [2.75, 3.05) is 31.5 Å². The molecule has 0 amide bonds. The number of terminal acetylenes is 1. The van der Waals surface area contributed by atoms with Crippen LogP contribution in [0.4, 0.5) is 5.95 Å². The number of nitrogens with zero attached hydrogens (tertiary/aromatic N) is 3. The van der Waals surface area contributed by atoms with E-state index in [1.165, 1.54) is 25.9 Å². The summed E-state index contributed by atoms with van der Waals surface area (Å²) in [6.07, 6.45) is 11.2. The smallest absolute Gasteiger partial charge is 0.222 e. The van der Waals surface area contributed by atoms with Crippen LogP contribution in [0.3, 0.4) is 0 Å². The Morgan fingerprint density at radius 3 is 2.62 bits per heavy atom. The molecular weight excluding hydrogens is 200 g/mol. The van der Waals surface area contributed by atoms with Gasteiger partial charge in [-0.15, -0.1) is 6.42 Å². The highest BCUT2D eigenvalue weighted by molar-refractivity contribution is 5.31. The fraction of sp³-hybridized carbons (Fsp3) is 0.500. The number of nitrogens with one attached hydrogen (secondary N) is 1. The van der Waals surface area contributed by atoms with Crippen LogP contribution in [0.2, 0.25) is 0 Å². The van der Waals surface area contributed by atoms with Crippen LogP contribution >= 0.6 is 0 Å². The molecule has 1 fully saturated rings. The summed E-state index contributed by atoms with van der Waals surface area (Å²) in [5, 5.41) is 3.19. The van der Waals surface area contributed by atoms with E-state index < -0.39 is 0 Å². The molecule has 0 aliphatic carbocycles. The van der Waals surface area contributed by atoms with E-state index in [2.05, 4.69) is 26.1 Å². The molecule has 1 aromatic rings. The van der Waals surface area contributed by atoms with E-state index >= 15 is 0 Å². The average molecular weight is 216 g/mol. The number of rotatable bonds is 4. The molecule has 1 aliphatic rings. The molecule has 0 unspecified atom stereocenters. The van der Waals surface area contributed by atoms with Crippen LogP contribution < -0.4 is 5.32 Å². The third-order valence-corrected chi connectivity index (χ3v) is 2.73. The average Bonchev–Trinajstić information content (AvgIpc) is 2.83. The van der Waals surface area contributed by atoms with Crippen LogP contribution in [0, 0.1) is 12.3 Å². The minimum Gasteiger partial charge on any atom is -0.353 e. The fourth-order valence-corrected chi connectivity index (χ4v) is 1.83. The summed E-state index contributed by atoms with van der Waals surface area (Å²) >= 11 is 0. The third kappa shape index (κ3) is 2.94. The van der Waals surface area contributed by atoms with Crippen molar-refractivity contribution >= 4 is 5.95 Å². The number of hydrogen-bond acceptors (Lipinski definition) is 4. The lowest BCUT2D eigenvalue weighted by Gasteiger charge is -2.14. The van der Waals surface area contributed by atoms with E-state index in [1.807, 2.05) is 0 Å². The van der Waals surface area contributed by atoms with Crippen LogP contribution in [-0.4, -0.2) is 41.0 Å². The van der Waals surface area contributed by atoms with Gasteiger partial charge < -0.3 is 10.2 Å². The Bertz CT molecular complexity index is 360. The van der Waals surface area contributed by atoms with Gasteiger partial charge in [0.2, 0.25) is 5.95 Å². The molecule has 0 bridgehead atoms. The van der Waals surface area contributed by atoms with Crippen molar-refractivity contribution in [2.45, 2.75) is 12.8 Å². The molecule has 84 valence electrons. The molecule has 0 saturated carbocycles.